The van der Waals surface area contributed by atoms with E-state index < -0.39 is 5.91 Å². The molecule has 3 aromatic carbocycles. The van der Waals surface area contributed by atoms with Gasteiger partial charge in [-0.15, -0.1) is 0 Å². The molecule has 0 aliphatic heterocycles. The molecule has 0 saturated heterocycles. The van der Waals surface area contributed by atoms with Gasteiger partial charge in [0.2, 0.25) is 0 Å². The highest BCUT2D eigenvalue weighted by Crippen LogP contribution is 2.38. The van der Waals surface area contributed by atoms with Crippen molar-refractivity contribution in [2.24, 2.45) is 0 Å². The Morgan fingerprint density at radius 3 is 2.52 bits per heavy atom. The molecular weight excluding hydrogens is 504 g/mol. The Balaban J connectivity index is 1.78. The van der Waals surface area contributed by atoms with E-state index in [1.54, 1.807) is 24.3 Å². The van der Waals surface area contributed by atoms with Crippen LogP contribution in [0.5, 0.6) is 11.5 Å². The Bertz CT molecular complexity index is 1190. The van der Waals surface area contributed by atoms with E-state index in [0.29, 0.717) is 33.2 Å². The number of hydrogen-bond donors (Lipinski definition) is 1. The van der Waals surface area contributed by atoms with E-state index in [2.05, 4.69) is 21.2 Å². The summed E-state index contributed by atoms with van der Waals surface area (Å²) >= 11 is 9.43. The summed E-state index contributed by atoms with van der Waals surface area (Å²) in [4.78, 5) is 12.7. The summed E-state index contributed by atoms with van der Waals surface area (Å²) < 4.78 is 12.1. The van der Waals surface area contributed by atoms with Gasteiger partial charge in [0.05, 0.1) is 17.6 Å². The fourth-order valence-corrected chi connectivity index (χ4v) is 3.81. The summed E-state index contributed by atoms with van der Waals surface area (Å²) in [5, 5.41) is 13.1. The van der Waals surface area contributed by atoms with Gasteiger partial charge < -0.3 is 14.8 Å². The predicted molar refractivity (Wildman–Crippen MR) is 133 cm³/mol. The number of rotatable bonds is 8. The van der Waals surface area contributed by atoms with Crippen LogP contribution in [-0.4, -0.2) is 13.0 Å². The van der Waals surface area contributed by atoms with Crippen molar-refractivity contribution in [2.75, 3.05) is 7.11 Å². The molecule has 3 aromatic rings. The van der Waals surface area contributed by atoms with Crippen LogP contribution in [0.25, 0.3) is 6.08 Å². The number of benzene rings is 3. The van der Waals surface area contributed by atoms with Crippen molar-refractivity contribution in [3.8, 4) is 17.6 Å². The van der Waals surface area contributed by atoms with Gasteiger partial charge in [0, 0.05) is 5.02 Å². The van der Waals surface area contributed by atoms with Gasteiger partial charge in [-0.3, -0.25) is 4.79 Å². The van der Waals surface area contributed by atoms with E-state index in [1.165, 1.54) is 13.2 Å². The zero-order valence-electron chi connectivity index (χ0n) is 18.1. The number of amides is 1. The van der Waals surface area contributed by atoms with Crippen LogP contribution < -0.4 is 14.8 Å². The van der Waals surface area contributed by atoms with E-state index in [9.17, 15) is 10.1 Å². The fourth-order valence-electron chi connectivity index (χ4n) is 3.11. The van der Waals surface area contributed by atoms with Gasteiger partial charge in [0.1, 0.15) is 18.2 Å². The van der Waals surface area contributed by atoms with Crippen LogP contribution in [0.15, 0.2) is 76.8 Å². The first-order valence-corrected chi connectivity index (χ1v) is 11.3. The molecule has 3 rings (SSSR count). The zero-order chi connectivity index (χ0) is 23.8. The van der Waals surface area contributed by atoms with Gasteiger partial charge in [0.25, 0.3) is 5.91 Å². The molecule has 5 nitrogen and oxygen atoms in total. The molecule has 0 aromatic heterocycles. The normalized spacial score (nSPS) is 11.9. The average Bonchev–Trinajstić information content (AvgIpc) is 2.83. The third-order valence-electron chi connectivity index (χ3n) is 4.87. The highest BCUT2D eigenvalue weighted by Gasteiger charge is 2.16. The lowest BCUT2D eigenvalue weighted by atomic mass is 10.1. The summed E-state index contributed by atoms with van der Waals surface area (Å²) in [5.41, 5.74) is 2.52. The van der Waals surface area contributed by atoms with Crippen molar-refractivity contribution in [2.45, 2.75) is 19.6 Å². The first kappa shape index (κ1) is 24.4. The average molecular weight is 526 g/mol. The number of nitrogens with one attached hydrogen (secondary N) is 1. The smallest absolute Gasteiger partial charge is 0.262 e. The fraction of sp³-hybridized carbons (Fsp3) is 0.154. The molecule has 7 heteroatoms. The molecule has 0 fully saturated rings. The Morgan fingerprint density at radius 1 is 1.18 bits per heavy atom. The summed E-state index contributed by atoms with van der Waals surface area (Å²) in [7, 11) is 1.53. The molecule has 0 spiro atoms. The molecule has 0 bridgehead atoms. The largest absolute Gasteiger partial charge is 0.493 e. The predicted octanol–water partition coefficient (Wildman–Crippen LogP) is 6.47. The Hall–Kier alpha value is -3.27. The van der Waals surface area contributed by atoms with E-state index >= 15 is 0 Å². The molecule has 0 radical (unpaired) electrons. The molecule has 1 N–H and O–H groups in total. The van der Waals surface area contributed by atoms with Crippen LogP contribution in [0.3, 0.4) is 0 Å². The molecule has 0 saturated carbocycles. The second-order valence-electron chi connectivity index (χ2n) is 7.22. The Kier molecular flexibility index (Phi) is 8.53. The number of methoxy groups -OCH3 is 1. The van der Waals surface area contributed by atoms with Gasteiger partial charge in [0.15, 0.2) is 11.5 Å². The zero-order valence-corrected chi connectivity index (χ0v) is 20.5. The van der Waals surface area contributed by atoms with Crippen LogP contribution >= 0.6 is 27.5 Å². The Morgan fingerprint density at radius 2 is 1.88 bits per heavy atom. The molecule has 1 atom stereocenters. The first-order valence-electron chi connectivity index (χ1n) is 10.1. The highest BCUT2D eigenvalue weighted by molar-refractivity contribution is 9.10. The van der Waals surface area contributed by atoms with Gasteiger partial charge in [-0.2, -0.15) is 5.26 Å². The number of nitriles is 1. The van der Waals surface area contributed by atoms with Crippen LogP contribution in [-0.2, 0) is 11.4 Å². The van der Waals surface area contributed by atoms with E-state index in [1.807, 2.05) is 55.5 Å². The molecule has 0 heterocycles. The standard InChI is InChI=1S/C26H22BrClN2O3/c1-17(20-6-4-3-5-7-20)30-26(31)21(15-29)12-19-13-23(27)25(24(14-19)32-2)33-16-18-8-10-22(28)11-9-18/h3-14,17H,16H2,1-2H3,(H,30,31)/b21-12-/t17-/m0/s1. The van der Waals surface area contributed by atoms with E-state index in [-0.39, 0.29) is 11.6 Å². The summed E-state index contributed by atoms with van der Waals surface area (Å²) in [5.74, 6) is 0.539. The topological polar surface area (TPSA) is 71.3 Å². The quantitative estimate of drug-likeness (QED) is 0.270. The second-order valence-corrected chi connectivity index (χ2v) is 8.52. The third-order valence-corrected chi connectivity index (χ3v) is 5.71. The van der Waals surface area contributed by atoms with Gasteiger partial charge in [-0.1, -0.05) is 54.1 Å². The molecule has 168 valence electrons. The minimum atomic E-state index is -0.452. The summed E-state index contributed by atoms with van der Waals surface area (Å²) in [6.45, 7) is 2.19. The van der Waals surface area contributed by atoms with Crippen molar-refractivity contribution in [3.05, 3.63) is 98.5 Å². The van der Waals surface area contributed by atoms with Crippen molar-refractivity contribution >= 4 is 39.5 Å². The highest BCUT2D eigenvalue weighted by atomic mass is 79.9. The Labute approximate surface area is 206 Å². The maximum absolute atomic E-state index is 12.7. The van der Waals surface area contributed by atoms with Crippen LogP contribution in [0.2, 0.25) is 5.02 Å². The maximum atomic E-state index is 12.7. The molecule has 0 aliphatic carbocycles. The monoisotopic (exact) mass is 524 g/mol. The lowest BCUT2D eigenvalue weighted by molar-refractivity contribution is -0.117. The number of hydrogen-bond acceptors (Lipinski definition) is 4. The van der Waals surface area contributed by atoms with Gasteiger partial charge >= 0.3 is 0 Å². The molecule has 0 unspecified atom stereocenters. The van der Waals surface area contributed by atoms with Crippen molar-refractivity contribution in [1.29, 1.82) is 5.26 Å². The molecule has 0 aliphatic rings. The first-order chi connectivity index (χ1) is 15.9. The number of carbonyl (C=O) groups excluding carboxylic acids is 1. The van der Waals surface area contributed by atoms with Crippen LogP contribution in [0.1, 0.15) is 29.7 Å². The van der Waals surface area contributed by atoms with E-state index in [0.717, 1.165) is 11.1 Å². The van der Waals surface area contributed by atoms with Crippen LogP contribution in [0, 0.1) is 11.3 Å². The number of carbonyl (C=O) groups is 1. The number of nitrogens with zero attached hydrogens (tertiary/aromatic N) is 1. The van der Waals surface area contributed by atoms with Gasteiger partial charge in [-0.25, -0.2) is 0 Å². The summed E-state index contributed by atoms with van der Waals surface area (Å²) in [6, 6.07) is 22.2. The third kappa shape index (κ3) is 6.61. The lowest BCUT2D eigenvalue weighted by Gasteiger charge is -2.15. The minimum Gasteiger partial charge on any atom is -0.493 e. The van der Waals surface area contributed by atoms with E-state index in [4.69, 9.17) is 21.1 Å². The van der Waals surface area contributed by atoms with Crippen molar-refractivity contribution in [1.82, 2.24) is 5.32 Å². The summed E-state index contributed by atoms with van der Waals surface area (Å²) in [6.07, 6.45) is 1.52. The van der Waals surface area contributed by atoms with Crippen molar-refractivity contribution < 1.29 is 14.3 Å². The maximum Gasteiger partial charge on any atom is 0.262 e. The minimum absolute atomic E-state index is 0.0124. The van der Waals surface area contributed by atoms with Crippen molar-refractivity contribution in [3.63, 3.8) is 0 Å². The molecule has 33 heavy (non-hydrogen) atoms. The second kappa shape index (κ2) is 11.6. The SMILES string of the molecule is COc1cc(/C=C(/C#N)C(=O)N[C@@H](C)c2ccccc2)cc(Br)c1OCc1ccc(Cl)cc1. The number of halogens is 2. The lowest BCUT2D eigenvalue weighted by Crippen LogP contribution is -2.27. The van der Waals surface area contributed by atoms with Gasteiger partial charge in [-0.05, 0) is 69.9 Å². The molecular formula is C26H22BrClN2O3. The molecule has 1 amide bonds. The van der Waals surface area contributed by atoms with Crippen LogP contribution in [0.4, 0.5) is 0 Å². The number of ether oxygens (including phenoxy) is 2.